The molecule has 0 spiro atoms. The highest BCUT2D eigenvalue weighted by Crippen LogP contribution is 2.31. The molecule has 0 N–H and O–H groups in total. The summed E-state index contributed by atoms with van der Waals surface area (Å²) < 4.78 is 10.6. The quantitative estimate of drug-likeness (QED) is 0.846. The fraction of sp³-hybridized carbons (Fsp3) is 0.286. The molecule has 0 unspecified atom stereocenters. The van der Waals surface area contributed by atoms with E-state index in [0.29, 0.717) is 18.4 Å². The van der Waals surface area contributed by atoms with Gasteiger partial charge < -0.3 is 9.47 Å². The Labute approximate surface area is 116 Å². The van der Waals surface area contributed by atoms with Crippen LogP contribution in [0.15, 0.2) is 24.3 Å². The van der Waals surface area contributed by atoms with Gasteiger partial charge in [0.15, 0.2) is 5.15 Å². The number of fused-ring (bicyclic) bond motifs is 1. The van der Waals surface area contributed by atoms with Gasteiger partial charge in [0.25, 0.3) is 0 Å². The normalized spacial score (nSPS) is 14.0. The van der Waals surface area contributed by atoms with E-state index in [9.17, 15) is 0 Å². The molecule has 0 bridgehead atoms. The van der Waals surface area contributed by atoms with Gasteiger partial charge in [0.05, 0.1) is 26.0 Å². The highest BCUT2D eigenvalue weighted by molar-refractivity contribution is 6.30. The van der Waals surface area contributed by atoms with E-state index in [1.54, 1.807) is 7.11 Å². The first kappa shape index (κ1) is 12.4. The fourth-order valence-electron chi connectivity index (χ4n) is 2.23. The van der Waals surface area contributed by atoms with Crippen LogP contribution in [0.25, 0.3) is 11.3 Å². The van der Waals surface area contributed by atoms with Crippen molar-refractivity contribution in [2.24, 2.45) is 0 Å². The van der Waals surface area contributed by atoms with Gasteiger partial charge in [-0.05, 0) is 36.2 Å². The Hall–Kier alpha value is -1.65. The largest absolute Gasteiger partial charge is 0.497 e. The molecule has 1 aliphatic rings. The molecule has 3 rings (SSSR count). The van der Waals surface area contributed by atoms with Crippen LogP contribution < -0.4 is 4.74 Å². The number of aromatic nitrogens is 2. The molecular formula is C14H13ClN2O2. The van der Waals surface area contributed by atoms with Crippen molar-refractivity contribution in [3.63, 3.8) is 0 Å². The lowest BCUT2D eigenvalue weighted by Gasteiger charge is -2.19. The molecular weight excluding hydrogens is 264 g/mol. The lowest BCUT2D eigenvalue weighted by molar-refractivity contribution is 0.110. The first-order valence-electron chi connectivity index (χ1n) is 6.05. The maximum absolute atomic E-state index is 6.08. The molecule has 2 aromatic rings. The first-order chi connectivity index (χ1) is 9.29. The van der Waals surface area contributed by atoms with E-state index in [2.05, 4.69) is 10.2 Å². The monoisotopic (exact) mass is 276 g/mol. The summed E-state index contributed by atoms with van der Waals surface area (Å²) in [5.74, 6) is 0.822. The first-order valence-corrected chi connectivity index (χ1v) is 6.43. The SMILES string of the molecule is COc1ccc(-c2nnc(Cl)c3c2CCOC3)cc1. The number of benzene rings is 1. The average Bonchev–Trinajstić information content (AvgIpc) is 2.48. The number of hydrogen-bond donors (Lipinski definition) is 0. The van der Waals surface area contributed by atoms with Gasteiger partial charge in [-0.3, -0.25) is 0 Å². The van der Waals surface area contributed by atoms with Gasteiger partial charge in [0, 0.05) is 11.1 Å². The number of rotatable bonds is 2. The van der Waals surface area contributed by atoms with Crippen molar-refractivity contribution >= 4 is 11.6 Å². The van der Waals surface area contributed by atoms with Gasteiger partial charge in [0.1, 0.15) is 5.75 Å². The van der Waals surface area contributed by atoms with Crippen LogP contribution in [-0.2, 0) is 17.8 Å². The van der Waals surface area contributed by atoms with Gasteiger partial charge in [-0.15, -0.1) is 10.2 Å². The van der Waals surface area contributed by atoms with Gasteiger partial charge in [-0.25, -0.2) is 0 Å². The molecule has 19 heavy (non-hydrogen) atoms. The summed E-state index contributed by atoms with van der Waals surface area (Å²) in [5, 5.41) is 8.69. The van der Waals surface area contributed by atoms with E-state index in [1.165, 1.54) is 0 Å². The molecule has 0 radical (unpaired) electrons. The average molecular weight is 277 g/mol. The van der Waals surface area contributed by atoms with Crippen molar-refractivity contribution in [2.45, 2.75) is 13.0 Å². The van der Waals surface area contributed by atoms with Crippen LogP contribution in [0.5, 0.6) is 5.75 Å². The fourth-order valence-corrected chi connectivity index (χ4v) is 2.43. The predicted octanol–water partition coefficient (Wildman–Crippen LogP) is 2.88. The molecule has 5 heteroatoms. The van der Waals surface area contributed by atoms with Crippen LogP contribution in [-0.4, -0.2) is 23.9 Å². The molecule has 1 aromatic carbocycles. The number of nitrogens with zero attached hydrogens (tertiary/aromatic N) is 2. The van der Waals surface area contributed by atoms with E-state index in [-0.39, 0.29) is 0 Å². The molecule has 2 heterocycles. The Morgan fingerprint density at radius 3 is 2.68 bits per heavy atom. The van der Waals surface area contributed by atoms with E-state index in [4.69, 9.17) is 21.1 Å². The molecule has 98 valence electrons. The Kier molecular flexibility index (Phi) is 3.36. The minimum absolute atomic E-state index is 0.437. The van der Waals surface area contributed by atoms with Gasteiger partial charge in [0.2, 0.25) is 0 Å². The zero-order valence-electron chi connectivity index (χ0n) is 10.5. The summed E-state index contributed by atoms with van der Waals surface area (Å²) in [6.45, 7) is 1.20. The second kappa shape index (κ2) is 5.15. The van der Waals surface area contributed by atoms with Crippen LogP contribution in [0.3, 0.4) is 0 Å². The molecule has 0 amide bonds. The molecule has 0 atom stereocenters. The summed E-state index contributed by atoms with van der Waals surface area (Å²) in [6, 6.07) is 7.79. The van der Waals surface area contributed by atoms with E-state index < -0.39 is 0 Å². The Bertz CT molecular complexity index is 599. The number of halogens is 1. The highest BCUT2D eigenvalue weighted by atomic mass is 35.5. The minimum atomic E-state index is 0.437. The second-order valence-electron chi connectivity index (χ2n) is 4.33. The zero-order valence-corrected chi connectivity index (χ0v) is 11.3. The van der Waals surface area contributed by atoms with Crippen molar-refractivity contribution in [2.75, 3.05) is 13.7 Å². The third kappa shape index (κ3) is 2.29. The molecule has 0 fully saturated rings. The summed E-state index contributed by atoms with van der Waals surface area (Å²) in [5.41, 5.74) is 3.98. The smallest absolute Gasteiger partial charge is 0.157 e. The molecule has 0 saturated heterocycles. The molecule has 0 saturated carbocycles. The summed E-state index contributed by atoms with van der Waals surface area (Å²) in [6.07, 6.45) is 0.811. The van der Waals surface area contributed by atoms with Crippen molar-refractivity contribution in [1.82, 2.24) is 10.2 Å². The zero-order chi connectivity index (χ0) is 13.2. The van der Waals surface area contributed by atoms with Gasteiger partial charge in [-0.2, -0.15) is 0 Å². The topological polar surface area (TPSA) is 44.2 Å². The number of methoxy groups -OCH3 is 1. The van der Waals surface area contributed by atoms with E-state index >= 15 is 0 Å². The molecule has 4 nitrogen and oxygen atoms in total. The minimum Gasteiger partial charge on any atom is -0.497 e. The Balaban J connectivity index is 2.09. The van der Waals surface area contributed by atoms with Crippen molar-refractivity contribution < 1.29 is 9.47 Å². The second-order valence-corrected chi connectivity index (χ2v) is 4.69. The third-order valence-electron chi connectivity index (χ3n) is 3.24. The molecule has 0 aliphatic carbocycles. The maximum atomic E-state index is 6.08. The van der Waals surface area contributed by atoms with Crippen molar-refractivity contribution in [3.05, 3.63) is 40.5 Å². The van der Waals surface area contributed by atoms with Gasteiger partial charge >= 0.3 is 0 Å². The summed E-state index contributed by atoms with van der Waals surface area (Å²) >= 11 is 6.08. The Morgan fingerprint density at radius 2 is 1.95 bits per heavy atom. The van der Waals surface area contributed by atoms with Crippen molar-refractivity contribution in [1.29, 1.82) is 0 Å². The third-order valence-corrected chi connectivity index (χ3v) is 3.55. The number of hydrogen-bond acceptors (Lipinski definition) is 4. The number of ether oxygens (including phenoxy) is 2. The van der Waals surface area contributed by atoms with Crippen LogP contribution in [0.2, 0.25) is 5.15 Å². The summed E-state index contributed by atoms with van der Waals surface area (Å²) in [4.78, 5) is 0. The van der Waals surface area contributed by atoms with Crippen LogP contribution >= 0.6 is 11.6 Å². The van der Waals surface area contributed by atoms with Crippen LogP contribution in [0.4, 0.5) is 0 Å². The predicted molar refractivity (Wildman–Crippen MR) is 72.4 cm³/mol. The van der Waals surface area contributed by atoms with E-state index in [1.807, 2.05) is 24.3 Å². The van der Waals surface area contributed by atoms with Crippen LogP contribution in [0, 0.1) is 0 Å². The highest BCUT2D eigenvalue weighted by Gasteiger charge is 2.19. The van der Waals surface area contributed by atoms with E-state index in [0.717, 1.165) is 34.6 Å². The van der Waals surface area contributed by atoms with Crippen molar-refractivity contribution in [3.8, 4) is 17.0 Å². The molecule has 1 aliphatic heterocycles. The molecule has 1 aromatic heterocycles. The lowest BCUT2D eigenvalue weighted by atomic mass is 9.99. The van der Waals surface area contributed by atoms with Gasteiger partial charge in [-0.1, -0.05) is 11.6 Å². The Morgan fingerprint density at radius 1 is 1.16 bits per heavy atom. The maximum Gasteiger partial charge on any atom is 0.157 e. The van der Waals surface area contributed by atoms with Crippen LogP contribution in [0.1, 0.15) is 11.1 Å². The standard InChI is InChI=1S/C14H13ClN2O2/c1-18-10-4-2-9(3-5-10)13-11-6-7-19-8-12(11)14(15)17-16-13/h2-5H,6-8H2,1H3. The lowest BCUT2D eigenvalue weighted by Crippen LogP contribution is -2.14. The summed E-state index contributed by atoms with van der Waals surface area (Å²) in [7, 11) is 1.65.